The van der Waals surface area contributed by atoms with Gasteiger partial charge in [0.15, 0.2) is 11.5 Å². The van der Waals surface area contributed by atoms with Crippen molar-refractivity contribution >= 4 is 0 Å². The number of hydrogen-bond acceptors (Lipinski definition) is 3. The van der Waals surface area contributed by atoms with E-state index in [4.69, 9.17) is 4.74 Å². The molecule has 0 aromatic heterocycles. The van der Waals surface area contributed by atoms with Crippen LogP contribution in [0.1, 0.15) is 24.0 Å². The second-order valence-corrected chi connectivity index (χ2v) is 7.81. The second kappa shape index (κ2) is 3.00. The summed E-state index contributed by atoms with van der Waals surface area (Å²) < 4.78 is 6.29. The SMILES string of the molecule is CN1CC23C=CC[C@@H]4Oc5c(O)ccc6c5C4(C2)C3C1C6. The number of likely N-dealkylation sites (tertiary alicyclic amines) is 1. The second-order valence-electron chi connectivity index (χ2n) is 7.81. The molecule has 1 N–H and O–H groups in total. The maximum atomic E-state index is 10.3. The van der Waals surface area contributed by atoms with Gasteiger partial charge in [0.25, 0.3) is 0 Å². The summed E-state index contributed by atoms with van der Waals surface area (Å²) in [6.45, 7) is 1.18. The summed E-state index contributed by atoms with van der Waals surface area (Å²) in [6, 6.07) is 4.60. The molecule has 2 fully saturated rings. The summed E-state index contributed by atoms with van der Waals surface area (Å²) in [5.41, 5.74) is 3.31. The van der Waals surface area contributed by atoms with Crippen molar-refractivity contribution < 1.29 is 9.84 Å². The normalized spacial score (nSPS) is 47.6. The third kappa shape index (κ3) is 0.935. The van der Waals surface area contributed by atoms with E-state index in [1.54, 1.807) is 0 Å². The lowest BCUT2D eigenvalue weighted by atomic mass is 9.40. The van der Waals surface area contributed by atoms with Gasteiger partial charge in [0.2, 0.25) is 0 Å². The number of likely N-dealkylation sites (N-methyl/N-ethyl adjacent to an activating group) is 1. The van der Waals surface area contributed by atoms with Crippen LogP contribution in [0.25, 0.3) is 0 Å². The first kappa shape index (κ1) is 11.1. The Hall–Kier alpha value is -1.48. The molecule has 6 rings (SSSR count). The van der Waals surface area contributed by atoms with Crippen LogP contribution in [0.4, 0.5) is 0 Å². The van der Waals surface area contributed by atoms with Crippen molar-refractivity contribution in [2.45, 2.75) is 36.8 Å². The molecule has 4 unspecified atom stereocenters. The molecule has 1 aromatic carbocycles. The molecule has 2 aliphatic heterocycles. The molecule has 0 radical (unpaired) electrons. The van der Waals surface area contributed by atoms with Crippen LogP contribution >= 0.6 is 0 Å². The summed E-state index contributed by atoms with van der Waals surface area (Å²) in [5, 5.41) is 10.3. The van der Waals surface area contributed by atoms with Crippen molar-refractivity contribution in [3.05, 3.63) is 35.4 Å². The van der Waals surface area contributed by atoms with Gasteiger partial charge in [-0.25, -0.2) is 0 Å². The summed E-state index contributed by atoms with van der Waals surface area (Å²) in [7, 11) is 2.28. The molecule has 21 heavy (non-hydrogen) atoms. The predicted molar refractivity (Wildman–Crippen MR) is 78.6 cm³/mol. The number of phenols is 1. The minimum absolute atomic E-state index is 0.167. The van der Waals surface area contributed by atoms with Gasteiger partial charge in [0, 0.05) is 35.4 Å². The van der Waals surface area contributed by atoms with E-state index in [0.29, 0.717) is 23.1 Å². The van der Waals surface area contributed by atoms with E-state index in [1.165, 1.54) is 24.1 Å². The van der Waals surface area contributed by atoms with Gasteiger partial charge in [0.05, 0.1) is 0 Å². The van der Waals surface area contributed by atoms with Crippen LogP contribution in [0.2, 0.25) is 0 Å². The highest BCUT2D eigenvalue weighted by atomic mass is 16.5. The molecular formula is C18H19NO2. The fourth-order valence-corrected chi connectivity index (χ4v) is 6.64. The van der Waals surface area contributed by atoms with Crippen molar-refractivity contribution in [2.75, 3.05) is 13.6 Å². The Kier molecular flexibility index (Phi) is 1.59. The van der Waals surface area contributed by atoms with E-state index in [9.17, 15) is 5.11 Å². The average Bonchev–Trinajstić information content (AvgIpc) is 2.78. The molecule has 108 valence electrons. The molecule has 3 nitrogen and oxygen atoms in total. The topological polar surface area (TPSA) is 32.7 Å². The quantitative estimate of drug-likeness (QED) is 0.740. The molecule has 5 aliphatic rings. The molecular weight excluding hydrogens is 262 g/mol. The Morgan fingerprint density at radius 2 is 2.29 bits per heavy atom. The zero-order valence-electron chi connectivity index (χ0n) is 12.2. The highest BCUT2D eigenvalue weighted by molar-refractivity contribution is 5.63. The number of hydrogen-bond donors (Lipinski definition) is 1. The van der Waals surface area contributed by atoms with E-state index >= 15 is 0 Å². The van der Waals surface area contributed by atoms with Gasteiger partial charge in [-0.2, -0.15) is 0 Å². The van der Waals surface area contributed by atoms with Gasteiger partial charge in [-0.1, -0.05) is 18.2 Å². The van der Waals surface area contributed by atoms with Crippen molar-refractivity contribution in [3.63, 3.8) is 0 Å². The maximum absolute atomic E-state index is 10.3. The maximum Gasteiger partial charge on any atom is 0.165 e. The third-order valence-corrected chi connectivity index (χ3v) is 7.04. The van der Waals surface area contributed by atoms with Crippen molar-refractivity contribution in [1.29, 1.82) is 0 Å². The van der Waals surface area contributed by atoms with Crippen LogP contribution in [0.3, 0.4) is 0 Å². The number of rotatable bonds is 0. The Bertz CT molecular complexity index is 726. The van der Waals surface area contributed by atoms with E-state index in [1.807, 2.05) is 6.07 Å². The Labute approximate surface area is 124 Å². The number of ether oxygens (including phenoxy) is 1. The van der Waals surface area contributed by atoms with Gasteiger partial charge in [-0.3, -0.25) is 0 Å². The van der Waals surface area contributed by atoms with Gasteiger partial charge in [-0.15, -0.1) is 0 Å². The molecule has 3 aliphatic carbocycles. The van der Waals surface area contributed by atoms with Gasteiger partial charge >= 0.3 is 0 Å². The van der Waals surface area contributed by atoms with Crippen molar-refractivity contribution in [1.82, 2.24) is 4.90 Å². The van der Waals surface area contributed by atoms with Crippen LogP contribution in [0.15, 0.2) is 24.3 Å². The van der Waals surface area contributed by atoms with E-state index < -0.39 is 0 Å². The highest BCUT2D eigenvalue weighted by Gasteiger charge is 2.76. The summed E-state index contributed by atoms with van der Waals surface area (Å²) >= 11 is 0. The van der Waals surface area contributed by atoms with E-state index in [2.05, 4.69) is 30.2 Å². The van der Waals surface area contributed by atoms with E-state index in [0.717, 1.165) is 18.6 Å². The molecule has 1 aromatic rings. The lowest BCUT2D eigenvalue weighted by Gasteiger charge is -2.61. The van der Waals surface area contributed by atoms with Crippen LogP contribution in [-0.2, 0) is 11.8 Å². The Morgan fingerprint density at radius 3 is 3.19 bits per heavy atom. The molecule has 3 heteroatoms. The van der Waals surface area contributed by atoms with Crippen LogP contribution in [0, 0.1) is 11.3 Å². The van der Waals surface area contributed by atoms with Crippen molar-refractivity contribution in [2.24, 2.45) is 11.3 Å². The first-order valence-electron chi connectivity index (χ1n) is 8.06. The number of aromatic hydroxyl groups is 1. The molecule has 2 heterocycles. The average molecular weight is 281 g/mol. The highest BCUT2D eigenvalue weighted by Crippen LogP contribution is 2.75. The monoisotopic (exact) mass is 281 g/mol. The van der Waals surface area contributed by atoms with Gasteiger partial charge < -0.3 is 14.7 Å². The van der Waals surface area contributed by atoms with Crippen LogP contribution < -0.4 is 4.74 Å². The predicted octanol–water partition coefficient (Wildman–Crippen LogP) is 2.23. The third-order valence-electron chi connectivity index (χ3n) is 7.04. The summed E-state index contributed by atoms with van der Waals surface area (Å²) in [4.78, 5) is 2.57. The number of phenolic OH excluding ortho intramolecular Hbond substituents is 1. The Balaban J connectivity index is 1.70. The standard InChI is InChI=1S/C18H19NO2/c1-19-9-17-6-2-3-13-18(8-17)14-10(7-11(19)16(17)18)4-5-12(20)15(14)21-13/h2,4-6,11,13,16,20H,3,7-9H2,1H3/t11?,13-,16?,17?,18?/m0/s1. The van der Waals surface area contributed by atoms with Crippen LogP contribution in [-0.4, -0.2) is 35.7 Å². The van der Waals surface area contributed by atoms with Crippen molar-refractivity contribution in [3.8, 4) is 11.5 Å². The molecule has 1 saturated heterocycles. The largest absolute Gasteiger partial charge is 0.504 e. The number of nitrogens with zero attached hydrogens (tertiary/aromatic N) is 1. The Morgan fingerprint density at radius 1 is 1.38 bits per heavy atom. The summed E-state index contributed by atoms with van der Waals surface area (Å²) in [5.74, 6) is 1.81. The smallest absolute Gasteiger partial charge is 0.165 e. The first-order valence-corrected chi connectivity index (χ1v) is 8.06. The molecule has 5 atom stereocenters. The molecule has 1 saturated carbocycles. The molecule has 2 bridgehead atoms. The lowest BCUT2D eigenvalue weighted by Crippen LogP contribution is -2.65. The minimum atomic E-state index is 0.167. The minimum Gasteiger partial charge on any atom is -0.504 e. The zero-order valence-corrected chi connectivity index (χ0v) is 12.2. The van der Waals surface area contributed by atoms with E-state index in [-0.39, 0.29) is 11.5 Å². The fourth-order valence-electron chi connectivity index (χ4n) is 6.64. The van der Waals surface area contributed by atoms with Gasteiger partial charge in [-0.05, 0) is 37.4 Å². The molecule has 2 spiro atoms. The van der Waals surface area contributed by atoms with Crippen LogP contribution in [0.5, 0.6) is 11.5 Å². The van der Waals surface area contributed by atoms with Gasteiger partial charge in [0.1, 0.15) is 6.10 Å². The fraction of sp³-hybridized carbons (Fsp3) is 0.556. The lowest BCUT2D eigenvalue weighted by molar-refractivity contribution is -0.0604. The first-order chi connectivity index (χ1) is 10.2. The summed E-state index contributed by atoms with van der Waals surface area (Å²) in [6.07, 6.45) is 8.37. The zero-order chi connectivity index (χ0) is 14.0. The number of benzene rings is 1. The molecule has 0 amide bonds.